The number of hydroxylamine groups is 2. The number of nitrogens with zero attached hydrogens (tertiary/aromatic N) is 2. The maximum Gasteiger partial charge on any atom is 0.0958 e. The highest BCUT2D eigenvalue weighted by molar-refractivity contribution is 6.30. The smallest absolute Gasteiger partial charge is 0.0958 e. The van der Waals surface area contributed by atoms with Crippen molar-refractivity contribution in [3.8, 4) is 0 Å². The van der Waals surface area contributed by atoms with E-state index in [2.05, 4.69) is 4.98 Å². The molecule has 0 amide bonds. The fourth-order valence-corrected chi connectivity index (χ4v) is 1.54. The average molecular weight is 215 g/mol. The van der Waals surface area contributed by atoms with Gasteiger partial charge < -0.3 is 5.11 Å². The van der Waals surface area contributed by atoms with Gasteiger partial charge in [-0.25, -0.2) is 0 Å². The molecule has 1 saturated heterocycles. The Balaban J connectivity index is 1.97. The minimum Gasteiger partial charge on any atom is -0.389 e. The Morgan fingerprint density at radius 2 is 2.57 bits per heavy atom. The van der Waals surface area contributed by atoms with Gasteiger partial charge in [-0.2, -0.15) is 5.06 Å². The van der Waals surface area contributed by atoms with E-state index in [1.54, 1.807) is 23.4 Å². The summed E-state index contributed by atoms with van der Waals surface area (Å²) in [5.41, 5.74) is 0.839. The Kier molecular flexibility index (Phi) is 2.98. The molecule has 14 heavy (non-hydrogen) atoms. The molecule has 0 aromatic carbocycles. The Hall–Kier alpha value is -0.680. The fraction of sp³-hybridized carbons (Fsp3) is 0.444. The van der Waals surface area contributed by atoms with Gasteiger partial charge in [0.15, 0.2) is 0 Å². The van der Waals surface area contributed by atoms with Crippen LogP contribution in [0.5, 0.6) is 0 Å². The zero-order chi connectivity index (χ0) is 9.97. The summed E-state index contributed by atoms with van der Waals surface area (Å²) in [7, 11) is 0. The van der Waals surface area contributed by atoms with Crippen LogP contribution in [0.25, 0.3) is 0 Å². The number of aromatic nitrogens is 1. The van der Waals surface area contributed by atoms with E-state index in [1.807, 2.05) is 0 Å². The molecule has 1 fully saturated rings. The van der Waals surface area contributed by atoms with E-state index in [-0.39, 0.29) is 0 Å². The number of hydrogen-bond donors (Lipinski definition) is 1. The van der Waals surface area contributed by atoms with Gasteiger partial charge in [0.2, 0.25) is 0 Å². The number of rotatable bonds is 2. The fourth-order valence-electron chi connectivity index (χ4n) is 1.36. The molecule has 4 nitrogen and oxygen atoms in total. The zero-order valence-corrected chi connectivity index (χ0v) is 8.31. The lowest BCUT2D eigenvalue weighted by molar-refractivity contribution is -0.118. The average Bonchev–Trinajstić information content (AvgIpc) is 2.51. The quantitative estimate of drug-likeness (QED) is 0.793. The Morgan fingerprint density at radius 3 is 3.21 bits per heavy atom. The first-order valence-corrected chi connectivity index (χ1v) is 4.78. The number of aliphatic hydroxyl groups excluding tert-OH is 1. The highest BCUT2D eigenvalue weighted by Crippen LogP contribution is 2.13. The largest absolute Gasteiger partial charge is 0.389 e. The molecule has 0 saturated carbocycles. The molecular formula is C9H11ClN2O2. The van der Waals surface area contributed by atoms with Crippen LogP contribution in [0.15, 0.2) is 18.3 Å². The van der Waals surface area contributed by atoms with Crippen molar-refractivity contribution in [3.05, 3.63) is 29.0 Å². The first-order chi connectivity index (χ1) is 6.74. The van der Waals surface area contributed by atoms with E-state index in [0.717, 1.165) is 5.69 Å². The van der Waals surface area contributed by atoms with Gasteiger partial charge in [0, 0.05) is 11.2 Å². The zero-order valence-electron chi connectivity index (χ0n) is 7.56. The van der Waals surface area contributed by atoms with Crippen molar-refractivity contribution < 1.29 is 9.94 Å². The number of aliphatic hydroxyl groups is 1. The highest BCUT2D eigenvalue weighted by Gasteiger charge is 2.21. The first kappa shape index (κ1) is 9.86. The molecule has 0 aliphatic carbocycles. The normalized spacial score (nSPS) is 22.9. The maximum absolute atomic E-state index is 9.22. The second-order valence-corrected chi connectivity index (χ2v) is 3.67. The molecule has 1 aromatic rings. The van der Waals surface area contributed by atoms with Gasteiger partial charge in [-0.1, -0.05) is 11.6 Å². The lowest BCUT2D eigenvalue weighted by atomic mass is 10.3. The summed E-state index contributed by atoms with van der Waals surface area (Å²) in [4.78, 5) is 9.35. The van der Waals surface area contributed by atoms with Crippen LogP contribution in [-0.2, 0) is 11.4 Å². The van der Waals surface area contributed by atoms with Gasteiger partial charge in [0.05, 0.1) is 31.5 Å². The summed E-state index contributed by atoms with van der Waals surface area (Å²) in [6, 6.07) is 3.51. The van der Waals surface area contributed by atoms with Crippen molar-refractivity contribution in [2.24, 2.45) is 0 Å². The Morgan fingerprint density at radius 1 is 1.71 bits per heavy atom. The standard InChI is InChI=1S/C9H11ClN2O2/c10-7-1-2-11-8(3-7)4-12-5-9(13)6-14-12/h1-3,9,13H,4-6H2/t9-/m1/s1. The third-order valence-electron chi connectivity index (χ3n) is 1.98. The van der Waals surface area contributed by atoms with Crippen LogP contribution in [0.1, 0.15) is 5.69 Å². The predicted molar refractivity (Wildman–Crippen MR) is 51.6 cm³/mol. The van der Waals surface area contributed by atoms with Crippen LogP contribution in [0.3, 0.4) is 0 Å². The second-order valence-electron chi connectivity index (χ2n) is 3.24. The molecule has 0 radical (unpaired) electrons. The van der Waals surface area contributed by atoms with E-state index >= 15 is 0 Å². The number of halogens is 1. The van der Waals surface area contributed by atoms with Crippen LogP contribution >= 0.6 is 11.6 Å². The predicted octanol–water partition coefficient (Wildman–Crippen LogP) is 0.843. The van der Waals surface area contributed by atoms with E-state index in [9.17, 15) is 5.11 Å². The third kappa shape index (κ3) is 2.42. The highest BCUT2D eigenvalue weighted by atomic mass is 35.5. The summed E-state index contributed by atoms with van der Waals surface area (Å²) < 4.78 is 0. The van der Waals surface area contributed by atoms with Gasteiger partial charge in [0.1, 0.15) is 0 Å². The lowest BCUT2D eigenvalue weighted by Gasteiger charge is -2.12. The van der Waals surface area contributed by atoms with Crippen LogP contribution < -0.4 is 0 Å². The minimum atomic E-state index is -0.394. The summed E-state index contributed by atoms with van der Waals surface area (Å²) in [6.07, 6.45) is 1.26. The minimum absolute atomic E-state index is 0.362. The molecule has 0 unspecified atom stereocenters. The van der Waals surface area contributed by atoms with Crippen molar-refractivity contribution in [1.82, 2.24) is 10.0 Å². The van der Waals surface area contributed by atoms with E-state index < -0.39 is 6.10 Å². The molecule has 5 heteroatoms. The Bertz CT molecular complexity index is 321. The molecule has 2 rings (SSSR count). The second kappa shape index (κ2) is 4.23. The van der Waals surface area contributed by atoms with Crippen molar-refractivity contribution in [1.29, 1.82) is 0 Å². The Labute approximate surface area is 87.0 Å². The van der Waals surface area contributed by atoms with Gasteiger partial charge in [-0.05, 0) is 12.1 Å². The number of pyridine rings is 1. The van der Waals surface area contributed by atoms with Crippen molar-refractivity contribution in [3.63, 3.8) is 0 Å². The topological polar surface area (TPSA) is 45.6 Å². The summed E-state index contributed by atoms with van der Waals surface area (Å²) in [5.74, 6) is 0. The molecule has 1 N–H and O–H groups in total. The molecule has 0 spiro atoms. The SMILES string of the molecule is O[C@H]1CON(Cc2cc(Cl)ccn2)C1. The van der Waals surface area contributed by atoms with Crippen LogP contribution in [0.4, 0.5) is 0 Å². The maximum atomic E-state index is 9.22. The van der Waals surface area contributed by atoms with Crippen molar-refractivity contribution in [2.45, 2.75) is 12.6 Å². The molecule has 2 heterocycles. The van der Waals surface area contributed by atoms with Crippen LogP contribution in [0, 0.1) is 0 Å². The number of β-amino-alcohol motifs (C(OH)–C–C–N with tert-alkyl or cyclic N) is 1. The van der Waals surface area contributed by atoms with Crippen molar-refractivity contribution >= 4 is 11.6 Å². The first-order valence-electron chi connectivity index (χ1n) is 4.40. The van der Waals surface area contributed by atoms with Gasteiger partial charge in [-0.3, -0.25) is 9.82 Å². The van der Waals surface area contributed by atoms with Crippen LogP contribution in [-0.4, -0.2) is 34.4 Å². The number of hydrogen-bond acceptors (Lipinski definition) is 4. The lowest BCUT2D eigenvalue weighted by Crippen LogP contribution is -2.20. The van der Waals surface area contributed by atoms with Gasteiger partial charge in [0.25, 0.3) is 0 Å². The molecule has 0 bridgehead atoms. The summed E-state index contributed by atoms with van der Waals surface area (Å²) in [6.45, 7) is 1.44. The third-order valence-corrected chi connectivity index (χ3v) is 2.22. The molecule has 1 aliphatic rings. The molecule has 1 atom stereocenters. The van der Waals surface area contributed by atoms with Crippen molar-refractivity contribution in [2.75, 3.05) is 13.2 Å². The van der Waals surface area contributed by atoms with E-state index in [0.29, 0.717) is 24.7 Å². The molecule has 1 aromatic heterocycles. The molecule has 1 aliphatic heterocycles. The van der Waals surface area contributed by atoms with Crippen LogP contribution in [0.2, 0.25) is 5.02 Å². The monoisotopic (exact) mass is 214 g/mol. The molecular weight excluding hydrogens is 204 g/mol. The van der Waals surface area contributed by atoms with E-state index in [1.165, 1.54) is 0 Å². The summed E-state index contributed by atoms with van der Waals surface area (Å²) in [5, 5.41) is 11.6. The van der Waals surface area contributed by atoms with Gasteiger partial charge in [-0.15, -0.1) is 0 Å². The summed E-state index contributed by atoms with van der Waals surface area (Å²) >= 11 is 5.81. The molecule has 76 valence electrons. The van der Waals surface area contributed by atoms with Gasteiger partial charge >= 0.3 is 0 Å². The van der Waals surface area contributed by atoms with E-state index in [4.69, 9.17) is 16.4 Å².